The minimum Gasteiger partial charge on any atom is -0.153 e. The Hall–Kier alpha value is -0.670. The highest BCUT2D eigenvalue weighted by Gasteiger charge is 2.04. The minimum atomic E-state index is 0.459. The van der Waals surface area contributed by atoms with E-state index in [1.54, 1.807) is 0 Å². The molecule has 1 aromatic carbocycles. The van der Waals surface area contributed by atoms with E-state index in [0.717, 1.165) is 16.5 Å². The van der Waals surface area contributed by atoms with Gasteiger partial charge in [0.2, 0.25) is 0 Å². The summed E-state index contributed by atoms with van der Waals surface area (Å²) in [6, 6.07) is 7.84. The Morgan fingerprint density at radius 2 is 1.85 bits per heavy atom. The Kier molecular flexibility index (Phi) is 2.47. The predicted octanol–water partition coefficient (Wildman–Crippen LogP) is 3.18. The quantitative estimate of drug-likeness (QED) is 0.733. The van der Waals surface area contributed by atoms with Crippen LogP contribution in [-0.2, 0) is 5.33 Å². The second-order valence-corrected chi connectivity index (χ2v) is 3.54. The van der Waals surface area contributed by atoms with Gasteiger partial charge in [0.05, 0.1) is 5.69 Å². The topological polar surface area (TPSA) is 25.8 Å². The van der Waals surface area contributed by atoms with Crippen LogP contribution < -0.4 is 0 Å². The van der Waals surface area contributed by atoms with E-state index < -0.39 is 0 Å². The van der Waals surface area contributed by atoms with E-state index in [1.165, 1.54) is 0 Å². The second kappa shape index (κ2) is 3.60. The second-order valence-electron chi connectivity index (χ2n) is 2.62. The molecule has 0 aliphatic carbocycles. The first kappa shape index (κ1) is 8.91. The maximum Gasteiger partial charge on any atom is 0.159 e. The summed E-state index contributed by atoms with van der Waals surface area (Å²) in [5, 5.41) is 11.0. The molecule has 13 heavy (non-hydrogen) atoms. The number of hydrogen-bond donors (Lipinski definition) is 0. The molecule has 0 saturated carbocycles. The third-order valence-corrected chi connectivity index (χ3v) is 2.66. The number of aromatic nitrogens is 2. The zero-order chi connectivity index (χ0) is 9.26. The van der Waals surface area contributed by atoms with Crippen molar-refractivity contribution in [3.05, 3.63) is 35.1 Å². The molecular weight excluding hydrogens is 251 g/mol. The van der Waals surface area contributed by atoms with Gasteiger partial charge in [0.25, 0.3) is 0 Å². The highest BCUT2D eigenvalue weighted by atomic mass is 79.9. The lowest BCUT2D eigenvalue weighted by molar-refractivity contribution is 0.997. The van der Waals surface area contributed by atoms with Crippen molar-refractivity contribution in [2.75, 3.05) is 0 Å². The summed E-state index contributed by atoms with van der Waals surface area (Å²) in [5.41, 5.74) is 0.917. The van der Waals surface area contributed by atoms with Crippen LogP contribution in [0.2, 0.25) is 5.15 Å². The highest BCUT2D eigenvalue weighted by molar-refractivity contribution is 9.08. The van der Waals surface area contributed by atoms with Crippen molar-refractivity contribution in [2.45, 2.75) is 5.33 Å². The van der Waals surface area contributed by atoms with Crippen LogP contribution in [0.1, 0.15) is 5.69 Å². The molecule has 4 heteroatoms. The molecule has 0 N–H and O–H groups in total. The van der Waals surface area contributed by atoms with Gasteiger partial charge in [-0.2, -0.15) is 5.10 Å². The fourth-order valence-electron chi connectivity index (χ4n) is 1.23. The Morgan fingerprint density at radius 3 is 2.54 bits per heavy atom. The van der Waals surface area contributed by atoms with Crippen molar-refractivity contribution in [3.63, 3.8) is 0 Å². The summed E-state index contributed by atoms with van der Waals surface area (Å²) in [5.74, 6) is 0. The molecule has 1 heterocycles. The number of nitrogens with zero attached hydrogens (tertiary/aromatic N) is 2. The number of fused-ring (bicyclic) bond motifs is 1. The summed E-state index contributed by atoms with van der Waals surface area (Å²) in [7, 11) is 0. The molecule has 2 aromatic rings. The lowest BCUT2D eigenvalue weighted by atomic mass is 10.1. The smallest absolute Gasteiger partial charge is 0.153 e. The van der Waals surface area contributed by atoms with Crippen LogP contribution >= 0.6 is 27.5 Å². The van der Waals surface area contributed by atoms with Crippen LogP contribution in [0.4, 0.5) is 0 Å². The molecule has 0 spiro atoms. The molecular formula is C9H6BrClN2. The maximum atomic E-state index is 5.90. The number of benzene rings is 1. The monoisotopic (exact) mass is 256 g/mol. The average molecular weight is 258 g/mol. The van der Waals surface area contributed by atoms with Gasteiger partial charge < -0.3 is 0 Å². The van der Waals surface area contributed by atoms with Gasteiger partial charge in [-0.15, -0.1) is 5.10 Å². The van der Waals surface area contributed by atoms with E-state index in [9.17, 15) is 0 Å². The molecule has 0 aliphatic rings. The van der Waals surface area contributed by atoms with Gasteiger partial charge in [0, 0.05) is 16.1 Å². The molecule has 0 fully saturated rings. The lowest BCUT2D eigenvalue weighted by Gasteiger charge is -2.01. The fraction of sp³-hybridized carbons (Fsp3) is 0.111. The minimum absolute atomic E-state index is 0.459. The maximum absolute atomic E-state index is 5.90. The van der Waals surface area contributed by atoms with Crippen molar-refractivity contribution in [1.29, 1.82) is 0 Å². The molecule has 0 aliphatic heterocycles. The van der Waals surface area contributed by atoms with Crippen molar-refractivity contribution in [3.8, 4) is 0 Å². The Balaban J connectivity index is 2.84. The largest absolute Gasteiger partial charge is 0.159 e. The third kappa shape index (κ3) is 1.54. The molecule has 0 radical (unpaired) electrons. The fourth-order valence-corrected chi connectivity index (χ4v) is 1.84. The SMILES string of the molecule is Clc1nnc(CBr)c2ccccc12. The van der Waals surface area contributed by atoms with Crippen molar-refractivity contribution < 1.29 is 0 Å². The van der Waals surface area contributed by atoms with Gasteiger partial charge in [-0.05, 0) is 0 Å². The van der Waals surface area contributed by atoms with Gasteiger partial charge in [0.15, 0.2) is 5.15 Å². The zero-order valence-electron chi connectivity index (χ0n) is 6.67. The predicted molar refractivity (Wildman–Crippen MR) is 57.2 cm³/mol. The average Bonchev–Trinajstić information content (AvgIpc) is 2.19. The van der Waals surface area contributed by atoms with Gasteiger partial charge in [0.1, 0.15) is 0 Å². The van der Waals surface area contributed by atoms with Gasteiger partial charge >= 0.3 is 0 Å². The van der Waals surface area contributed by atoms with Gasteiger partial charge in [-0.1, -0.05) is 51.8 Å². The van der Waals surface area contributed by atoms with Crippen molar-refractivity contribution in [2.24, 2.45) is 0 Å². The van der Waals surface area contributed by atoms with E-state index in [2.05, 4.69) is 26.1 Å². The summed E-state index contributed by atoms with van der Waals surface area (Å²) < 4.78 is 0. The molecule has 0 atom stereocenters. The van der Waals surface area contributed by atoms with E-state index in [4.69, 9.17) is 11.6 Å². The zero-order valence-corrected chi connectivity index (χ0v) is 9.01. The Labute approximate surface area is 89.1 Å². The van der Waals surface area contributed by atoms with E-state index in [-0.39, 0.29) is 0 Å². The van der Waals surface area contributed by atoms with E-state index >= 15 is 0 Å². The standard InChI is InChI=1S/C9H6BrClN2/c10-5-8-6-3-1-2-4-7(6)9(11)13-12-8/h1-4H,5H2. The summed E-state index contributed by atoms with van der Waals surface area (Å²) >= 11 is 9.25. The molecule has 2 nitrogen and oxygen atoms in total. The molecule has 0 amide bonds. The van der Waals surface area contributed by atoms with Crippen LogP contribution in [0.25, 0.3) is 10.8 Å². The first-order valence-corrected chi connectivity index (χ1v) is 5.28. The Morgan fingerprint density at radius 1 is 1.15 bits per heavy atom. The first-order valence-electron chi connectivity index (χ1n) is 3.78. The first-order chi connectivity index (χ1) is 6.33. The summed E-state index contributed by atoms with van der Waals surface area (Å²) in [6.07, 6.45) is 0. The normalized spacial score (nSPS) is 10.6. The van der Waals surface area contributed by atoms with Crippen LogP contribution in [0.5, 0.6) is 0 Å². The number of rotatable bonds is 1. The van der Waals surface area contributed by atoms with Crippen LogP contribution in [0, 0.1) is 0 Å². The summed E-state index contributed by atoms with van der Waals surface area (Å²) in [4.78, 5) is 0. The molecule has 0 saturated heterocycles. The van der Waals surface area contributed by atoms with E-state index in [1.807, 2.05) is 24.3 Å². The number of alkyl halides is 1. The van der Waals surface area contributed by atoms with Crippen LogP contribution in [0.15, 0.2) is 24.3 Å². The number of halogens is 2. The molecule has 2 rings (SSSR count). The molecule has 0 bridgehead atoms. The van der Waals surface area contributed by atoms with Crippen LogP contribution in [0.3, 0.4) is 0 Å². The number of hydrogen-bond acceptors (Lipinski definition) is 2. The van der Waals surface area contributed by atoms with Gasteiger partial charge in [-0.25, -0.2) is 0 Å². The lowest BCUT2D eigenvalue weighted by Crippen LogP contribution is -1.92. The summed E-state index contributed by atoms with van der Waals surface area (Å²) in [6.45, 7) is 0. The molecule has 0 unspecified atom stereocenters. The van der Waals surface area contributed by atoms with Crippen LogP contribution in [-0.4, -0.2) is 10.2 Å². The van der Waals surface area contributed by atoms with Gasteiger partial charge in [-0.3, -0.25) is 0 Å². The third-order valence-electron chi connectivity index (χ3n) is 1.85. The molecule has 66 valence electrons. The highest BCUT2D eigenvalue weighted by Crippen LogP contribution is 2.23. The van der Waals surface area contributed by atoms with Crippen molar-refractivity contribution >= 4 is 38.3 Å². The van der Waals surface area contributed by atoms with E-state index in [0.29, 0.717) is 10.5 Å². The van der Waals surface area contributed by atoms with Crippen molar-refractivity contribution in [1.82, 2.24) is 10.2 Å². The molecule has 1 aromatic heterocycles. The Bertz CT molecular complexity index is 445.